The van der Waals surface area contributed by atoms with Crippen LogP contribution in [0.15, 0.2) is 0 Å². The van der Waals surface area contributed by atoms with Gasteiger partial charge in [0.15, 0.2) is 0 Å². The van der Waals surface area contributed by atoms with Gasteiger partial charge in [-0.3, -0.25) is 0 Å². The van der Waals surface area contributed by atoms with Crippen LogP contribution in [-0.2, 0) is 0 Å². The van der Waals surface area contributed by atoms with Gasteiger partial charge in [-0.05, 0) is 13.0 Å². The predicted octanol–water partition coefficient (Wildman–Crippen LogP) is 4.21. The summed E-state index contributed by atoms with van der Waals surface area (Å²) in [4.78, 5) is 0. The molecule has 1 nitrogen and oxygen atoms in total. The van der Waals surface area contributed by atoms with Crippen LogP contribution in [0.25, 0.3) is 0 Å². The lowest BCUT2D eigenvalue weighted by Crippen LogP contribution is -1.93. The van der Waals surface area contributed by atoms with Crippen molar-refractivity contribution in [3.05, 3.63) is 0 Å². The first kappa shape index (κ1) is 22.7. The lowest BCUT2D eigenvalue weighted by atomic mass is 10.5. The average molecular weight is 177 g/mol. The van der Waals surface area contributed by atoms with Crippen molar-refractivity contribution in [2.75, 3.05) is 6.54 Å². The molecule has 0 unspecified atom stereocenters. The van der Waals surface area contributed by atoms with Gasteiger partial charge in [-0.2, -0.15) is 0 Å². The average Bonchev–Trinajstić information content (AvgIpc) is 2.10. The first-order chi connectivity index (χ1) is 5.74. The van der Waals surface area contributed by atoms with E-state index >= 15 is 0 Å². The third-order valence-electron chi connectivity index (χ3n) is 0.289. The van der Waals surface area contributed by atoms with Crippen molar-refractivity contribution in [3.63, 3.8) is 0 Å². The third kappa shape index (κ3) is 868. The fourth-order valence-electron chi connectivity index (χ4n) is 0. The molecule has 0 amide bonds. The van der Waals surface area contributed by atoms with Crippen LogP contribution < -0.4 is 5.73 Å². The van der Waals surface area contributed by atoms with Gasteiger partial charge in [0.05, 0.1) is 0 Å². The topological polar surface area (TPSA) is 26.0 Å². The molecule has 0 rings (SSSR count). The largest absolute Gasteiger partial charge is 0.330 e. The Labute approximate surface area is 80.7 Å². The molecule has 80 valence electrons. The van der Waals surface area contributed by atoms with Crippen molar-refractivity contribution >= 4 is 0 Å². The molecule has 1 heteroatoms. The van der Waals surface area contributed by atoms with Crippen molar-refractivity contribution in [1.29, 1.82) is 0 Å². The van der Waals surface area contributed by atoms with E-state index in [-0.39, 0.29) is 0 Å². The van der Waals surface area contributed by atoms with E-state index in [1.54, 1.807) is 0 Å². The predicted molar refractivity (Wildman–Crippen MR) is 62.6 cm³/mol. The van der Waals surface area contributed by atoms with Crippen molar-refractivity contribution in [2.24, 2.45) is 5.73 Å². The molecule has 0 aromatic heterocycles. The Morgan fingerprint density at radius 3 is 0.833 bits per heavy atom. The van der Waals surface area contributed by atoms with Gasteiger partial charge in [0.25, 0.3) is 0 Å². The number of nitrogens with two attached hydrogens (primary N) is 1. The summed E-state index contributed by atoms with van der Waals surface area (Å²) in [7, 11) is 0. The van der Waals surface area contributed by atoms with Crippen LogP contribution >= 0.6 is 0 Å². The van der Waals surface area contributed by atoms with E-state index in [0.29, 0.717) is 0 Å². The van der Waals surface area contributed by atoms with Crippen LogP contribution in [0, 0.1) is 0 Å². The Morgan fingerprint density at radius 1 is 0.750 bits per heavy atom. The molecule has 0 aliphatic heterocycles. The summed E-state index contributed by atoms with van der Waals surface area (Å²) in [5, 5.41) is 0. The Balaban J connectivity index is -0.0000000368. The minimum absolute atomic E-state index is 0.819. The van der Waals surface area contributed by atoms with Crippen LogP contribution in [0.3, 0.4) is 0 Å². The fourth-order valence-corrected chi connectivity index (χ4v) is 0. The highest BCUT2D eigenvalue weighted by atomic mass is 14.5. The number of hydrogen-bond donors (Lipinski definition) is 1. The Kier molecular flexibility index (Phi) is 131. The summed E-state index contributed by atoms with van der Waals surface area (Å²) in [5.74, 6) is 0. The molecular weight excluding hydrogens is 146 g/mol. The van der Waals surface area contributed by atoms with Crippen molar-refractivity contribution in [3.8, 4) is 0 Å². The van der Waals surface area contributed by atoms with Crippen LogP contribution in [0.4, 0.5) is 0 Å². The highest BCUT2D eigenvalue weighted by Gasteiger charge is 1.55. The maximum atomic E-state index is 5.03. The van der Waals surface area contributed by atoms with Gasteiger partial charge >= 0.3 is 0 Å². The second-order valence-electron chi connectivity index (χ2n) is 2.20. The summed E-state index contributed by atoms with van der Waals surface area (Å²) in [6, 6.07) is 0. The van der Waals surface area contributed by atoms with Crippen LogP contribution in [0.2, 0.25) is 0 Å². The molecule has 0 spiro atoms. The molecule has 0 aromatic rings. The second-order valence-corrected chi connectivity index (χ2v) is 2.20. The molecule has 0 atom stereocenters. The summed E-state index contributed by atoms with van der Waals surface area (Å²) < 4.78 is 0. The SMILES string of the molecule is CC.CCC.CCC.CCCN. The summed E-state index contributed by atoms with van der Waals surface area (Å²) in [6.45, 7) is 15.4. The zero-order valence-electron chi connectivity index (χ0n) is 10.4. The molecule has 0 saturated heterocycles. The lowest BCUT2D eigenvalue weighted by molar-refractivity contribution is 0.932. The monoisotopic (exact) mass is 177 g/mol. The highest BCUT2D eigenvalue weighted by Crippen LogP contribution is 1.57. The van der Waals surface area contributed by atoms with Gasteiger partial charge in [-0.1, -0.05) is 61.3 Å². The Hall–Kier alpha value is -0.0400. The normalized spacial score (nSPS) is 6.00. The summed E-state index contributed by atoms with van der Waals surface area (Å²) in [5.41, 5.74) is 5.03. The number of rotatable bonds is 1. The highest BCUT2D eigenvalue weighted by molar-refractivity contribution is 4.19. The molecule has 0 heterocycles. The summed E-state index contributed by atoms with van der Waals surface area (Å²) in [6.07, 6.45) is 3.60. The second kappa shape index (κ2) is 69.3. The van der Waals surface area contributed by atoms with Crippen molar-refractivity contribution in [2.45, 2.75) is 67.7 Å². The molecule has 0 aliphatic carbocycles. The first-order valence-corrected chi connectivity index (χ1v) is 5.44. The first-order valence-electron chi connectivity index (χ1n) is 5.44. The van der Waals surface area contributed by atoms with E-state index in [2.05, 4.69) is 34.6 Å². The minimum Gasteiger partial charge on any atom is -0.330 e. The molecule has 0 saturated carbocycles. The van der Waals surface area contributed by atoms with Crippen LogP contribution in [-0.4, -0.2) is 6.54 Å². The quantitative estimate of drug-likeness (QED) is 0.638. The van der Waals surface area contributed by atoms with Crippen LogP contribution in [0.1, 0.15) is 67.7 Å². The lowest BCUT2D eigenvalue weighted by Gasteiger charge is -1.70. The van der Waals surface area contributed by atoms with E-state index in [4.69, 9.17) is 5.73 Å². The van der Waals surface area contributed by atoms with Gasteiger partial charge in [-0.25, -0.2) is 0 Å². The molecule has 0 aliphatic rings. The molecule has 0 fully saturated rings. The maximum Gasteiger partial charge on any atom is -0.00799 e. The standard InChI is InChI=1S/C3H9N.2C3H8.C2H6/c1-2-3-4;2*1-3-2;1-2/h2-4H2,1H3;2*3H2,1-2H3;1-2H3. The van der Waals surface area contributed by atoms with E-state index in [0.717, 1.165) is 13.0 Å². The molecule has 2 N–H and O–H groups in total. The minimum atomic E-state index is 0.819. The van der Waals surface area contributed by atoms with E-state index in [1.165, 1.54) is 12.8 Å². The molecule has 0 bridgehead atoms. The van der Waals surface area contributed by atoms with Gasteiger partial charge in [0, 0.05) is 0 Å². The van der Waals surface area contributed by atoms with Gasteiger partial charge in [-0.15, -0.1) is 0 Å². The Bertz CT molecular complexity index is 17.0. The van der Waals surface area contributed by atoms with Crippen molar-refractivity contribution < 1.29 is 0 Å². The Morgan fingerprint density at radius 2 is 0.833 bits per heavy atom. The van der Waals surface area contributed by atoms with E-state index in [9.17, 15) is 0 Å². The zero-order valence-corrected chi connectivity index (χ0v) is 10.4. The van der Waals surface area contributed by atoms with Gasteiger partial charge < -0.3 is 5.73 Å². The van der Waals surface area contributed by atoms with E-state index in [1.807, 2.05) is 13.8 Å². The van der Waals surface area contributed by atoms with Gasteiger partial charge in [0.1, 0.15) is 0 Å². The van der Waals surface area contributed by atoms with Crippen molar-refractivity contribution in [1.82, 2.24) is 0 Å². The molecular formula is C11H31N. The summed E-state index contributed by atoms with van der Waals surface area (Å²) >= 11 is 0. The third-order valence-corrected chi connectivity index (χ3v) is 0.289. The number of hydrogen-bond acceptors (Lipinski definition) is 1. The van der Waals surface area contributed by atoms with Crippen LogP contribution in [0.5, 0.6) is 0 Å². The van der Waals surface area contributed by atoms with E-state index < -0.39 is 0 Å². The van der Waals surface area contributed by atoms with Gasteiger partial charge in [0.2, 0.25) is 0 Å². The molecule has 0 aromatic carbocycles. The molecule has 0 radical (unpaired) electrons. The smallest absolute Gasteiger partial charge is 0.00799 e. The zero-order chi connectivity index (χ0) is 10.8. The maximum absolute atomic E-state index is 5.03. The fraction of sp³-hybridized carbons (Fsp3) is 1.00. The molecule has 12 heavy (non-hydrogen) atoms.